The SMILES string of the molecule is CCC(CNC(=O)C1CC(N)CN1)c1ccccc1. The van der Waals surface area contributed by atoms with Crippen molar-refractivity contribution in [1.82, 2.24) is 10.6 Å². The lowest BCUT2D eigenvalue weighted by molar-refractivity contribution is -0.122. The third-order valence-corrected chi connectivity index (χ3v) is 3.77. The van der Waals surface area contributed by atoms with E-state index in [1.54, 1.807) is 0 Å². The monoisotopic (exact) mass is 261 g/mol. The Hall–Kier alpha value is -1.39. The standard InChI is InChI=1S/C15H23N3O/c1-2-11(12-6-4-3-5-7-12)9-18-15(19)14-8-13(16)10-17-14/h3-7,11,13-14,17H,2,8-10,16H2,1H3,(H,18,19). The van der Waals surface area contributed by atoms with Crippen LogP contribution >= 0.6 is 0 Å². The summed E-state index contributed by atoms with van der Waals surface area (Å²) in [7, 11) is 0. The summed E-state index contributed by atoms with van der Waals surface area (Å²) in [6, 6.07) is 10.3. The first kappa shape index (κ1) is 14.0. The van der Waals surface area contributed by atoms with Crippen LogP contribution in [0.4, 0.5) is 0 Å². The van der Waals surface area contributed by atoms with Gasteiger partial charge in [-0.25, -0.2) is 0 Å². The molecule has 0 radical (unpaired) electrons. The van der Waals surface area contributed by atoms with Gasteiger partial charge in [0.25, 0.3) is 0 Å². The van der Waals surface area contributed by atoms with Gasteiger partial charge in [0.05, 0.1) is 6.04 Å². The second-order valence-corrected chi connectivity index (χ2v) is 5.22. The number of nitrogens with two attached hydrogens (primary N) is 1. The van der Waals surface area contributed by atoms with Crippen LogP contribution in [0.2, 0.25) is 0 Å². The highest BCUT2D eigenvalue weighted by Gasteiger charge is 2.27. The highest BCUT2D eigenvalue weighted by molar-refractivity contribution is 5.82. The van der Waals surface area contributed by atoms with Gasteiger partial charge in [-0.1, -0.05) is 37.3 Å². The first-order valence-electron chi connectivity index (χ1n) is 7.02. The predicted octanol–water partition coefficient (Wildman–Crippen LogP) is 0.986. The molecule has 19 heavy (non-hydrogen) atoms. The van der Waals surface area contributed by atoms with E-state index < -0.39 is 0 Å². The van der Waals surface area contributed by atoms with Crippen molar-refractivity contribution in [2.45, 2.75) is 37.8 Å². The molecule has 0 aliphatic carbocycles. The Morgan fingerprint density at radius 1 is 1.47 bits per heavy atom. The molecule has 1 saturated heterocycles. The molecule has 1 aromatic rings. The number of hydrogen-bond acceptors (Lipinski definition) is 3. The van der Waals surface area contributed by atoms with Crippen LogP contribution in [0.3, 0.4) is 0 Å². The zero-order valence-corrected chi connectivity index (χ0v) is 11.4. The van der Waals surface area contributed by atoms with Crippen molar-refractivity contribution in [1.29, 1.82) is 0 Å². The topological polar surface area (TPSA) is 67.2 Å². The van der Waals surface area contributed by atoms with Gasteiger partial charge in [0, 0.05) is 25.0 Å². The number of carbonyl (C=O) groups is 1. The molecule has 2 rings (SSSR count). The predicted molar refractivity (Wildman–Crippen MR) is 76.9 cm³/mol. The fourth-order valence-corrected chi connectivity index (χ4v) is 2.53. The van der Waals surface area contributed by atoms with E-state index in [9.17, 15) is 4.79 Å². The van der Waals surface area contributed by atoms with Crippen molar-refractivity contribution in [2.75, 3.05) is 13.1 Å². The van der Waals surface area contributed by atoms with Crippen LogP contribution in [0.5, 0.6) is 0 Å². The molecule has 104 valence electrons. The zero-order chi connectivity index (χ0) is 13.7. The molecule has 1 amide bonds. The smallest absolute Gasteiger partial charge is 0.237 e. The molecule has 0 saturated carbocycles. The van der Waals surface area contributed by atoms with Gasteiger partial charge in [0.1, 0.15) is 0 Å². The van der Waals surface area contributed by atoms with Gasteiger partial charge in [-0.2, -0.15) is 0 Å². The van der Waals surface area contributed by atoms with Crippen LogP contribution in [0.25, 0.3) is 0 Å². The van der Waals surface area contributed by atoms with Crippen molar-refractivity contribution in [3.8, 4) is 0 Å². The lowest BCUT2D eigenvalue weighted by Gasteiger charge is -2.18. The number of nitrogens with one attached hydrogen (secondary N) is 2. The van der Waals surface area contributed by atoms with Crippen molar-refractivity contribution >= 4 is 5.91 Å². The Morgan fingerprint density at radius 3 is 2.79 bits per heavy atom. The van der Waals surface area contributed by atoms with Crippen molar-refractivity contribution in [3.63, 3.8) is 0 Å². The average Bonchev–Trinajstić information content (AvgIpc) is 2.87. The van der Waals surface area contributed by atoms with Gasteiger partial charge in [-0.3, -0.25) is 4.79 Å². The van der Waals surface area contributed by atoms with E-state index in [-0.39, 0.29) is 18.0 Å². The van der Waals surface area contributed by atoms with E-state index >= 15 is 0 Å². The van der Waals surface area contributed by atoms with Gasteiger partial charge in [-0.05, 0) is 18.4 Å². The molecule has 4 heteroatoms. The molecule has 3 atom stereocenters. The summed E-state index contributed by atoms with van der Waals surface area (Å²) in [6.07, 6.45) is 1.75. The summed E-state index contributed by atoms with van der Waals surface area (Å²) < 4.78 is 0. The minimum atomic E-state index is -0.122. The van der Waals surface area contributed by atoms with Crippen molar-refractivity contribution in [3.05, 3.63) is 35.9 Å². The first-order valence-corrected chi connectivity index (χ1v) is 7.02. The normalized spacial score (nSPS) is 24.1. The molecule has 4 nitrogen and oxygen atoms in total. The van der Waals surface area contributed by atoms with E-state index in [0.717, 1.165) is 19.4 Å². The van der Waals surface area contributed by atoms with Gasteiger partial charge in [0.2, 0.25) is 5.91 Å². The van der Waals surface area contributed by atoms with E-state index in [0.29, 0.717) is 12.5 Å². The molecule has 1 aliphatic heterocycles. The van der Waals surface area contributed by atoms with Gasteiger partial charge in [0.15, 0.2) is 0 Å². The third-order valence-electron chi connectivity index (χ3n) is 3.77. The van der Waals surface area contributed by atoms with Crippen LogP contribution in [-0.2, 0) is 4.79 Å². The maximum absolute atomic E-state index is 12.0. The molecule has 1 fully saturated rings. The summed E-state index contributed by atoms with van der Waals surface area (Å²) in [5.41, 5.74) is 7.07. The molecular weight excluding hydrogens is 238 g/mol. The Labute approximate surface area is 114 Å². The summed E-state index contributed by atoms with van der Waals surface area (Å²) in [6.45, 7) is 3.56. The fraction of sp³-hybridized carbons (Fsp3) is 0.533. The molecule has 1 aromatic carbocycles. The number of rotatable bonds is 5. The lowest BCUT2D eigenvalue weighted by atomic mass is 9.96. The van der Waals surface area contributed by atoms with Gasteiger partial charge in [-0.15, -0.1) is 0 Å². The molecular formula is C15H23N3O. The van der Waals surface area contributed by atoms with E-state index in [1.807, 2.05) is 18.2 Å². The molecule has 0 bridgehead atoms. The Kier molecular flexibility index (Phi) is 4.93. The highest BCUT2D eigenvalue weighted by Crippen LogP contribution is 2.18. The van der Waals surface area contributed by atoms with Crippen molar-refractivity contribution in [2.24, 2.45) is 5.73 Å². The number of hydrogen-bond donors (Lipinski definition) is 3. The minimum absolute atomic E-state index is 0.0716. The second kappa shape index (κ2) is 6.68. The third kappa shape index (κ3) is 3.78. The van der Waals surface area contributed by atoms with E-state index in [1.165, 1.54) is 5.56 Å². The van der Waals surface area contributed by atoms with Gasteiger partial charge >= 0.3 is 0 Å². The average molecular weight is 261 g/mol. The maximum atomic E-state index is 12.0. The van der Waals surface area contributed by atoms with E-state index in [2.05, 4.69) is 29.7 Å². The summed E-state index contributed by atoms with van der Waals surface area (Å²) in [5, 5.41) is 6.19. The lowest BCUT2D eigenvalue weighted by Crippen LogP contribution is -2.41. The van der Waals surface area contributed by atoms with Crippen molar-refractivity contribution < 1.29 is 4.79 Å². The molecule has 1 heterocycles. The molecule has 3 unspecified atom stereocenters. The van der Waals surface area contributed by atoms with Crippen LogP contribution in [-0.4, -0.2) is 31.1 Å². The molecule has 1 aliphatic rings. The van der Waals surface area contributed by atoms with E-state index in [4.69, 9.17) is 5.73 Å². The molecule has 0 spiro atoms. The maximum Gasteiger partial charge on any atom is 0.237 e. The van der Waals surface area contributed by atoms with Gasteiger partial charge < -0.3 is 16.4 Å². The second-order valence-electron chi connectivity index (χ2n) is 5.22. The van der Waals surface area contributed by atoms with Crippen LogP contribution < -0.4 is 16.4 Å². The largest absolute Gasteiger partial charge is 0.354 e. The van der Waals surface area contributed by atoms with Crippen LogP contribution in [0.15, 0.2) is 30.3 Å². The molecule has 0 aromatic heterocycles. The quantitative estimate of drug-likeness (QED) is 0.740. The Morgan fingerprint density at radius 2 is 2.21 bits per heavy atom. The summed E-state index contributed by atoms with van der Waals surface area (Å²) >= 11 is 0. The minimum Gasteiger partial charge on any atom is -0.354 e. The van der Waals surface area contributed by atoms with Crippen LogP contribution in [0.1, 0.15) is 31.2 Å². The first-order chi connectivity index (χ1) is 9.20. The zero-order valence-electron chi connectivity index (χ0n) is 11.4. The number of benzene rings is 1. The molecule has 4 N–H and O–H groups in total. The number of amides is 1. The summed E-state index contributed by atoms with van der Waals surface area (Å²) in [4.78, 5) is 12.0. The fourth-order valence-electron chi connectivity index (χ4n) is 2.53. The summed E-state index contributed by atoms with van der Waals surface area (Å²) in [5.74, 6) is 0.447. The number of carbonyl (C=O) groups excluding carboxylic acids is 1. The highest BCUT2D eigenvalue weighted by atomic mass is 16.2. The Bertz CT molecular complexity index is 407. The Balaban J connectivity index is 1.85. The van der Waals surface area contributed by atoms with Crippen LogP contribution in [0, 0.1) is 0 Å².